The molecule has 1 saturated carbocycles. The minimum Gasteiger partial charge on any atom is -0.480 e. The van der Waals surface area contributed by atoms with E-state index in [4.69, 9.17) is 15.6 Å². The predicted molar refractivity (Wildman–Crippen MR) is 41.6 cm³/mol. The maximum absolute atomic E-state index is 10.6. The van der Waals surface area contributed by atoms with Crippen molar-refractivity contribution >= 4 is 5.97 Å². The third kappa shape index (κ3) is 1.21. The van der Waals surface area contributed by atoms with E-state index in [0.29, 0.717) is 6.10 Å². The SMILES string of the molecule is NC(C(=O)O)C1CCCC2OC21. The molecule has 4 nitrogen and oxygen atoms in total. The minimum absolute atomic E-state index is 0.0428. The van der Waals surface area contributed by atoms with Crippen LogP contribution in [0.5, 0.6) is 0 Å². The van der Waals surface area contributed by atoms with E-state index in [2.05, 4.69) is 0 Å². The van der Waals surface area contributed by atoms with Crippen molar-refractivity contribution in [3.05, 3.63) is 0 Å². The first-order chi connectivity index (χ1) is 5.70. The number of hydrogen-bond acceptors (Lipinski definition) is 3. The molecule has 4 unspecified atom stereocenters. The summed E-state index contributed by atoms with van der Waals surface area (Å²) in [4.78, 5) is 10.6. The minimum atomic E-state index is -0.906. The highest BCUT2D eigenvalue weighted by atomic mass is 16.6. The Hall–Kier alpha value is -0.610. The Kier molecular flexibility index (Phi) is 1.81. The van der Waals surface area contributed by atoms with E-state index in [1.165, 1.54) is 0 Å². The predicted octanol–water partition coefficient (Wildman–Crippen LogP) is -0.0342. The van der Waals surface area contributed by atoms with Crippen molar-refractivity contribution in [1.82, 2.24) is 0 Å². The molecule has 2 fully saturated rings. The molecule has 3 N–H and O–H groups in total. The van der Waals surface area contributed by atoms with Gasteiger partial charge in [-0.2, -0.15) is 0 Å². The van der Waals surface area contributed by atoms with Crippen molar-refractivity contribution in [3.63, 3.8) is 0 Å². The summed E-state index contributed by atoms with van der Waals surface area (Å²) in [5.74, 6) is -0.864. The average Bonchev–Trinajstić information content (AvgIpc) is 2.80. The Balaban J connectivity index is 1.98. The fourth-order valence-electron chi connectivity index (χ4n) is 2.05. The lowest BCUT2D eigenvalue weighted by molar-refractivity contribution is -0.140. The number of aliphatic carboxylic acids is 1. The van der Waals surface area contributed by atoms with Crippen LogP contribution in [0.15, 0.2) is 0 Å². The molecule has 0 radical (unpaired) electrons. The second-order valence-electron chi connectivity index (χ2n) is 3.60. The molecule has 2 rings (SSSR count). The van der Waals surface area contributed by atoms with Crippen LogP contribution in [0.2, 0.25) is 0 Å². The number of nitrogens with two attached hydrogens (primary N) is 1. The van der Waals surface area contributed by atoms with Crippen molar-refractivity contribution in [2.24, 2.45) is 11.7 Å². The van der Waals surface area contributed by atoms with Crippen LogP contribution in [0.1, 0.15) is 19.3 Å². The van der Waals surface area contributed by atoms with Crippen LogP contribution in [0.25, 0.3) is 0 Å². The molecule has 1 aliphatic heterocycles. The van der Waals surface area contributed by atoms with E-state index < -0.39 is 12.0 Å². The van der Waals surface area contributed by atoms with E-state index in [-0.39, 0.29) is 12.0 Å². The van der Waals surface area contributed by atoms with Crippen LogP contribution < -0.4 is 5.73 Å². The largest absolute Gasteiger partial charge is 0.480 e. The molecule has 0 aromatic carbocycles. The highest BCUT2D eigenvalue weighted by molar-refractivity contribution is 5.73. The molecule has 68 valence electrons. The van der Waals surface area contributed by atoms with Crippen molar-refractivity contribution in [2.75, 3.05) is 0 Å². The summed E-state index contributed by atoms with van der Waals surface area (Å²) in [5.41, 5.74) is 5.53. The molecular weight excluding hydrogens is 158 g/mol. The Labute approximate surface area is 70.7 Å². The van der Waals surface area contributed by atoms with Crippen molar-refractivity contribution < 1.29 is 14.6 Å². The summed E-state index contributed by atoms with van der Waals surface area (Å²) in [6.07, 6.45) is 3.48. The average molecular weight is 171 g/mol. The molecular formula is C8H13NO3. The van der Waals surface area contributed by atoms with Crippen molar-refractivity contribution in [3.8, 4) is 0 Å². The van der Waals surface area contributed by atoms with E-state index in [0.717, 1.165) is 19.3 Å². The van der Waals surface area contributed by atoms with Crippen LogP contribution in [-0.4, -0.2) is 29.3 Å². The zero-order valence-corrected chi connectivity index (χ0v) is 6.77. The fraction of sp³-hybridized carbons (Fsp3) is 0.875. The van der Waals surface area contributed by atoms with Gasteiger partial charge in [0.2, 0.25) is 0 Å². The number of carbonyl (C=O) groups is 1. The van der Waals surface area contributed by atoms with E-state index in [1.54, 1.807) is 0 Å². The first-order valence-electron chi connectivity index (χ1n) is 4.34. The molecule has 0 amide bonds. The van der Waals surface area contributed by atoms with Crippen LogP contribution in [0.3, 0.4) is 0 Å². The van der Waals surface area contributed by atoms with Crippen LogP contribution >= 0.6 is 0 Å². The number of fused-ring (bicyclic) bond motifs is 1. The smallest absolute Gasteiger partial charge is 0.320 e. The van der Waals surface area contributed by atoms with Crippen LogP contribution in [0.4, 0.5) is 0 Å². The molecule has 12 heavy (non-hydrogen) atoms. The van der Waals surface area contributed by atoms with Crippen molar-refractivity contribution in [1.29, 1.82) is 0 Å². The molecule has 0 bridgehead atoms. The Morgan fingerprint density at radius 2 is 2.33 bits per heavy atom. The number of ether oxygens (including phenoxy) is 1. The zero-order chi connectivity index (χ0) is 8.72. The van der Waals surface area contributed by atoms with Gasteiger partial charge in [0.25, 0.3) is 0 Å². The molecule has 4 heteroatoms. The topological polar surface area (TPSA) is 75.9 Å². The third-order valence-corrected chi connectivity index (χ3v) is 2.82. The maximum atomic E-state index is 10.6. The summed E-state index contributed by atoms with van der Waals surface area (Å²) < 4.78 is 5.32. The van der Waals surface area contributed by atoms with Gasteiger partial charge >= 0.3 is 5.97 Å². The number of carboxylic acid groups (broad SMARTS) is 1. The number of hydrogen-bond donors (Lipinski definition) is 2. The lowest BCUT2D eigenvalue weighted by Gasteiger charge is -2.21. The van der Waals surface area contributed by atoms with Gasteiger partial charge in [-0.15, -0.1) is 0 Å². The molecule has 1 saturated heterocycles. The van der Waals surface area contributed by atoms with Gasteiger partial charge in [0.05, 0.1) is 12.2 Å². The van der Waals surface area contributed by atoms with Gasteiger partial charge in [-0.05, 0) is 12.8 Å². The van der Waals surface area contributed by atoms with Gasteiger partial charge in [0.1, 0.15) is 6.04 Å². The summed E-state index contributed by atoms with van der Waals surface area (Å²) in [7, 11) is 0. The molecule has 0 aromatic heterocycles. The number of carboxylic acids is 1. The van der Waals surface area contributed by atoms with E-state index >= 15 is 0 Å². The monoisotopic (exact) mass is 171 g/mol. The fourth-order valence-corrected chi connectivity index (χ4v) is 2.05. The van der Waals surface area contributed by atoms with Gasteiger partial charge in [-0.3, -0.25) is 4.79 Å². The van der Waals surface area contributed by atoms with Gasteiger partial charge in [0, 0.05) is 5.92 Å². The number of epoxide rings is 1. The summed E-state index contributed by atoms with van der Waals surface area (Å²) in [6, 6.07) is -0.736. The lowest BCUT2D eigenvalue weighted by Crippen LogP contribution is -2.42. The van der Waals surface area contributed by atoms with E-state index in [9.17, 15) is 4.79 Å². The molecule has 2 aliphatic rings. The molecule has 1 aliphatic carbocycles. The highest BCUT2D eigenvalue weighted by Gasteiger charge is 2.50. The van der Waals surface area contributed by atoms with Gasteiger partial charge in [-0.25, -0.2) is 0 Å². The highest BCUT2D eigenvalue weighted by Crippen LogP contribution is 2.41. The van der Waals surface area contributed by atoms with E-state index in [1.807, 2.05) is 0 Å². The van der Waals surface area contributed by atoms with Gasteiger partial charge < -0.3 is 15.6 Å². The Morgan fingerprint density at radius 1 is 1.58 bits per heavy atom. The first-order valence-corrected chi connectivity index (χ1v) is 4.34. The third-order valence-electron chi connectivity index (χ3n) is 2.82. The molecule has 1 heterocycles. The Bertz CT molecular complexity index is 206. The maximum Gasteiger partial charge on any atom is 0.320 e. The normalized spacial score (nSPS) is 41.6. The van der Waals surface area contributed by atoms with Crippen LogP contribution in [0, 0.1) is 5.92 Å². The summed E-state index contributed by atoms with van der Waals surface area (Å²) in [6.45, 7) is 0. The lowest BCUT2D eigenvalue weighted by atomic mass is 9.84. The molecule has 0 aromatic rings. The standard InChI is InChI=1S/C8H13NO3/c9-6(8(10)11)4-2-1-3-5-7(4)12-5/h4-7H,1-3,9H2,(H,10,11). The Morgan fingerprint density at radius 3 is 3.00 bits per heavy atom. The zero-order valence-electron chi connectivity index (χ0n) is 6.77. The molecule has 0 spiro atoms. The van der Waals surface area contributed by atoms with Gasteiger partial charge in [-0.1, -0.05) is 6.42 Å². The van der Waals surface area contributed by atoms with Crippen molar-refractivity contribution in [2.45, 2.75) is 37.5 Å². The summed E-state index contributed by atoms with van der Waals surface area (Å²) in [5, 5.41) is 8.69. The van der Waals surface area contributed by atoms with Gasteiger partial charge in [0.15, 0.2) is 0 Å². The molecule has 4 atom stereocenters. The second-order valence-corrected chi connectivity index (χ2v) is 3.60. The number of rotatable bonds is 2. The van der Waals surface area contributed by atoms with Crippen LogP contribution in [-0.2, 0) is 9.53 Å². The second kappa shape index (κ2) is 2.71. The summed E-state index contributed by atoms with van der Waals surface area (Å²) >= 11 is 0. The first kappa shape index (κ1) is 8.01. The quantitative estimate of drug-likeness (QED) is 0.572.